The summed E-state index contributed by atoms with van der Waals surface area (Å²) in [5.74, 6) is 0.599. The molecule has 1 aliphatic heterocycles. The maximum Gasteiger partial charge on any atom is 0.0427 e. The summed E-state index contributed by atoms with van der Waals surface area (Å²) in [4.78, 5) is 0. The Morgan fingerprint density at radius 3 is 2.69 bits per heavy atom. The van der Waals surface area contributed by atoms with Gasteiger partial charge in [-0.3, -0.25) is 0 Å². The molecule has 0 fully saturated rings. The first-order chi connectivity index (χ1) is 7.65. The van der Waals surface area contributed by atoms with Crippen molar-refractivity contribution >= 4 is 11.8 Å². The fourth-order valence-electron chi connectivity index (χ4n) is 2.36. The van der Waals surface area contributed by atoms with Crippen LogP contribution in [0.1, 0.15) is 55.4 Å². The molecule has 1 heteroatoms. The minimum atomic E-state index is 0.599. The molecule has 0 unspecified atom stereocenters. The number of fused-ring (bicyclic) bond motifs is 1. The predicted octanol–water partition coefficient (Wildman–Crippen LogP) is 4.47. The summed E-state index contributed by atoms with van der Waals surface area (Å²) in [6, 6.07) is 2.32. The van der Waals surface area contributed by atoms with E-state index < -0.39 is 0 Å². The third-order valence-corrected chi connectivity index (χ3v) is 3.38. The third kappa shape index (κ3) is 1.75. The fraction of sp³-hybridized carbons (Fsp3) is 0.467. The second kappa shape index (κ2) is 4.32. The highest BCUT2D eigenvalue weighted by Gasteiger charge is 2.20. The van der Waals surface area contributed by atoms with E-state index in [-0.39, 0.29) is 0 Å². The lowest BCUT2D eigenvalue weighted by Crippen LogP contribution is -2.17. The van der Waals surface area contributed by atoms with Gasteiger partial charge in [0.15, 0.2) is 0 Å². The molecule has 0 bridgehead atoms. The molecule has 0 atom stereocenters. The topological polar surface area (TPSA) is 12.0 Å². The van der Waals surface area contributed by atoms with Gasteiger partial charge < -0.3 is 5.32 Å². The van der Waals surface area contributed by atoms with Gasteiger partial charge in [0.25, 0.3) is 0 Å². The molecule has 0 aliphatic carbocycles. The van der Waals surface area contributed by atoms with E-state index in [1.165, 1.54) is 27.9 Å². The number of benzene rings is 1. The highest BCUT2D eigenvalue weighted by Crippen LogP contribution is 2.37. The van der Waals surface area contributed by atoms with Crippen LogP contribution in [0.4, 0.5) is 5.69 Å². The zero-order valence-corrected chi connectivity index (χ0v) is 10.7. The second-order valence-electron chi connectivity index (χ2n) is 4.85. The number of anilines is 1. The summed E-state index contributed by atoms with van der Waals surface area (Å²) in [7, 11) is 0. The van der Waals surface area contributed by atoms with E-state index in [1.54, 1.807) is 0 Å². The van der Waals surface area contributed by atoms with Crippen molar-refractivity contribution < 1.29 is 0 Å². The summed E-state index contributed by atoms with van der Waals surface area (Å²) in [5.41, 5.74) is 7.21. The van der Waals surface area contributed by atoms with E-state index in [2.05, 4.69) is 51.2 Å². The number of hydrogen-bond acceptors (Lipinski definition) is 1. The minimum absolute atomic E-state index is 0.599. The van der Waals surface area contributed by atoms with E-state index >= 15 is 0 Å². The molecule has 1 N–H and O–H groups in total. The van der Waals surface area contributed by atoms with Gasteiger partial charge in [-0.15, -0.1) is 0 Å². The van der Waals surface area contributed by atoms with Crippen molar-refractivity contribution in [1.29, 1.82) is 0 Å². The van der Waals surface area contributed by atoms with E-state index in [0.29, 0.717) is 5.92 Å². The quantitative estimate of drug-likeness (QED) is 0.784. The Hall–Kier alpha value is -1.24. The monoisotopic (exact) mass is 215 g/mol. The van der Waals surface area contributed by atoms with Crippen LogP contribution >= 0.6 is 0 Å². The van der Waals surface area contributed by atoms with Gasteiger partial charge >= 0.3 is 0 Å². The van der Waals surface area contributed by atoms with Gasteiger partial charge in [0.05, 0.1) is 0 Å². The highest BCUT2D eigenvalue weighted by atomic mass is 14.9. The van der Waals surface area contributed by atoms with E-state index in [0.717, 1.165) is 13.0 Å². The van der Waals surface area contributed by atoms with Gasteiger partial charge in [0.2, 0.25) is 0 Å². The molecular weight excluding hydrogens is 194 g/mol. The molecule has 2 rings (SSSR count). The molecule has 1 aromatic carbocycles. The van der Waals surface area contributed by atoms with Gasteiger partial charge in [0, 0.05) is 17.8 Å². The fourth-order valence-corrected chi connectivity index (χ4v) is 2.36. The van der Waals surface area contributed by atoms with Crippen LogP contribution < -0.4 is 5.32 Å². The Bertz CT molecular complexity index is 428. The number of allylic oxidation sites excluding steroid dienone is 1. The first-order valence-corrected chi connectivity index (χ1v) is 6.22. The maximum atomic E-state index is 3.39. The van der Waals surface area contributed by atoms with Crippen molar-refractivity contribution in [2.24, 2.45) is 0 Å². The molecule has 1 heterocycles. The summed E-state index contributed by atoms with van der Waals surface area (Å²) in [6.45, 7) is 9.99. The Labute approximate surface area is 98.6 Å². The van der Waals surface area contributed by atoms with Crippen LogP contribution in [0, 0.1) is 6.92 Å². The third-order valence-electron chi connectivity index (χ3n) is 3.38. The molecule has 0 radical (unpaired) electrons. The average Bonchev–Trinajstić information content (AvgIpc) is 2.20. The lowest BCUT2D eigenvalue weighted by Gasteiger charge is -2.28. The molecule has 86 valence electrons. The summed E-state index contributed by atoms with van der Waals surface area (Å²) in [5, 5.41) is 3.39. The van der Waals surface area contributed by atoms with Crippen LogP contribution in [0.2, 0.25) is 0 Å². The second-order valence-corrected chi connectivity index (χ2v) is 4.85. The predicted molar refractivity (Wildman–Crippen MR) is 71.9 cm³/mol. The summed E-state index contributed by atoms with van der Waals surface area (Å²) >= 11 is 0. The molecule has 0 amide bonds. The van der Waals surface area contributed by atoms with Gasteiger partial charge in [-0.1, -0.05) is 32.9 Å². The van der Waals surface area contributed by atoms with Gasteiger partial charge in [-0.2, -0.15) is 0 Å². The molecular formula is C15H21N. The molecule has 0 spiro atoms. The lowest BCUT2D eigenvalue weighted by molar-refractivity contribution is 0.848. The molecule has 0 aromatic heterocycles. The van der Waals surface area contributed by atoms with Crippen molar-refractivity contribution in [1.82, 2.24) is 0 Å². The van der Waals surface area contributed by atoms with Crippen molar-refractivity contribution in [3.63, 3.8) is 0 Å². The molecule has 1 aromatic rings. The van der Waals surface area contributed by atoms with Gasteiger partial charge in [-0.05, 0) is 42.0 Å². The van der Waals surface area contributed by atoms with Crippen LogP contribution in [0.25, 0.3) is 6.08 Å². The van der Waals surface area contributed by atoms with Gasteiger partial charge in [0.1, 0.15) is 0 Å². The SMILES string of the molecule is CC/C=C\c1c(C)c(C(C)C)cc2c1CN2. The molecule has 0 saturated carbocycles. The zero-order chi connectivity index (χ0) is 11.7. The number of nitrogens with one attached hydrogen (secondary N) is 1. The van der Waals surface area contributed by atoms with Crippen LogP contribution in [0.15, 0.2) is 12.1 Å². The number of rotatable bonds is 3. The van der Waals surface area contributed by atoms with Crippen molar-refractivity contribution in [2.45, 2.75) is 46.6 Å². The standard InChI is InChI=1S/C15H21N/c1-5-6-7-12-11(4)13(10(2)3)8-15-14(12)9-16-15/h6-8,10,16H,5,9H2,1-4H3/b7-6-. The van der Waals surface area contributed by atoms with Crippen LogP contribution in [0.5, 0.6) is 0 Å². The minimum Gasteiger partial charge on any atom is -0.381 e. The Morgan fingerprint density at radius 1 is 1.44 bits per heavy atom. The number of hydrogen-bond donors (Lipinski definition) is 1. The molecule has 1 nitrogen and oxygen atoms in total. The Morgan fingerprint density at radius 2 is 2.19 bits per heavy atom. The largest absolute Gasteiger partial charge is 0.381 e. The highest BCUT2D eigenvalue weighted by molar-refractivity contribution is 5.74. The summed E-state index contributed by atoms with van der Waals surface area (Å²) in [6.07, 6.45) is 5.65. The van der Waals surface area contributed by atoms with E-state index in [4.69, 9.17) is 0 Å². The van der Waals surface area contributed by atoms with Crippen LogP contribution in [-0.2, 0) is 6.54 Å². The zero-order valence-electron chi connectivity index (χ0n) is 10.7. The van der Waals surface area contributed by atoms with E-state index in [9.17, 15) is 0 Å². The first-order valence-electron chi connectivity index (χ1n) is 6.22. The molecule has 0 saturated heterocycles. The van der Waals surface area contributed by atoms with Gasteiger partial charge in [-0.25, -0.2) is 0 Å². The smallest absolute Gasteiger partial charge is 0.0427 e. The van der Waals surface area contributed by atoms with Crippen LogP contribution in [-0.4, -0.2) is 0 Å². The van der Waals surface area contributed by atoms with Crippen LogP contribution in [0.3, 0.4) is 0 Å². The van der Waals surface area contributed by atoms with E-state index in [1.807, 2.05) is 0 Å². The molecule has 16 heavy (non-hydrogen) atoms. The average molecular weight is 215 g/mol. The maximum absolute atomic E-state index is 3.39. The van der Waals surface area contributed by atoms with Crippen molar-refractivity contribution in [3.05, 3.63) is 34.4 Å². The Balaban J connectivity index is 2.53. The lowest BCUT2D eigenvalue weighted by atomic mass is 9.87. The normalized spacial score (nSPS) is 13.8. The van der Waals surface area contributed by atoms with Crippen molar-refractivity contribution in [2.75, 3.05) is 5.32 Å². The summed E-state index contributed by atoms with van der Waals surface area (Å²) < 4.78 is 0. The Kier molecular flexibility index (Phi) is 3.04. The molecule has 1 aliphatic rings. The first kappa shape index (κ1) is 11.3. The van der Waals surface area contributed by atoms with Crippen molar-refractivity contribution in [3.8, 4) is 0 Å².